The largest absolute Gasteiger partial charge is 0.681 e. The second-order valence-corrected chi connectivity index (χ2v) is 6.91. The van der Waals surface area contributed by atoms with Crippen molar-refractivity contribution in [2.45, 2.75) is 65.6 Å². The standard InChI is InChI=1S/C10H23N3.C7H16N2.Co/c1-9(11-3)8-10(2)12-6-7-13(4)5;1-5-8-6-9-7(2,3)4;/h9-10H,6-8H2,1-5H3;5-6H2,1-4H3;/q2*-2;. The Kier molecular flexibility index (Phi) is 21.0. The summed E-state index contributed by atoms with van der Waals surface area (Å²) >= 11 is 0. The molecule has 0 fully saturated rings. The Balaban J connectivity index is -0.000000354. The summed E-state index contributed by atoms with van der Waals surface area (Å²) in [7, 11) is 6.02. The van der Waals surface area contributed by atoms with Crippen LogP contribution in [-0.4, -0.2) is 70.0 Å². The van der Waals surface area contributed by atoms with E-state index in [4.69, 9.17) is 0 Å². The average molecular weight is 372 g/mol. The molecule has 1 radical (unpaired) electrons. The minimum atomic E-state index is 0. The van der Waals surface area contributed by atoms with E-state index in [-0.39, 0.29) is 22.3 Å². The first-order chi connectivity index (χ1) is 10.1. The predicted molar refractivity (Wildman–Crippen MR) is 101 cm³/mol. The summed E-state index contributed by atoms with van der Waals surface area (Å²) in [6.07, 6.45) is 1.07. The molecule has 0 aliphatic carbocycles. The summed E-state index contributed by atoms with van der Waals surface area (Å²) in [5, 5.41) is 17.1. The molecule has 0 aliphatic heterocycles. The molecular weight excluding hydrogens is 333 g/mol. The van der Waals surface area contributed by atoms with E-state index in [1.807, 2.05) is 14.0 Å². The molecule has 0 aliphatic rings. The molecule has 0 aromatic rings. The first kappa shape index (κ1) is 28.1. The Bertz CT molecular complexity index is 232. The fourth-order valence-corrected chi connectivity index (χ4v) is 1.51. The zero-order valence-electron chi connectivity index (χ0n) is 16.8. The Morgan fingerprint density at radius 2 is 1.61 bits per heavy atom. The molecule has 0 N–H and O–H groups in total. The Labute approximate surface area is 156 Å². The summed E-state index contributed by atoms with van der Waals surface area (Å²) in [6, 6.07) is 0.886. The van der Waals surface area contributed by atoms with Gasteiger partial charge in [0.15, 0.2) is 0 Å². The minimum absolute atomic E-state index is 0. The maximum Gasteiger partial charge on any atom is 0 e. The Morgan fingerprint density at radius 3 is 2.00 bits per heavy atom. The van der Waals surface area contributed by atoms with Gasteiger partial charge in [-0.15, -0.1) is 24.2 Å². The second-order valence-electron chi connectivity index (χ2n) is 6.91. The molecule has 0 amide bonds. The van der Waals surface area contributed by atoms with Crippen LogP contribution in [-0.2, 0) is 16.8 Å². The van der Waals surface area contributed by atoms with E-state index in [0.717, 1.165) is 26.1 Å². The van der Waals surface area contributed by atoms with Crippen molar-refractivity contribution in [1.82, 2.24) is 4.90 Å². The van der Waals surface area contributed by atoms with E-state index < -0.39 is 0 Å². The molecule has 5 nitrogen and oxygen atoms in total. The normalized spacial score (nSPS) is 13.8. The van der Waals surface area contributed by atoms with Crippen LogP contribution in [0.1, 0.15) is 48.0 Å². The van der Waals surface area contributed by atoms with Gasteiger partial charge in [-0.25, -0.2) is 0 Å². The van der Waals surface area contributed by atoms with Crippen LogP contribution in [0.2, 0.25) is 0 Å². The number of hydrogen-bond acceptors (Lipinski definition) is 1. The SMILES string of the molecule is CC[N-]C[N-]C(C)(C)C.C[N-]C(C)CC(C)[N-]CCN(C)C.[Co]. The number of hydrogen-bond donors (Lipinski definition) is 0. The first-order valence-electron chi connectivity index (χ1n) is 8.34. The number of likely N-dealkylation sites (N-methyl/N-ethyl adjacent to an activating group) is 1. The molecule has 0 heterocycles. The third-order valence-corrected chi connectivity index (χ3v) is 2.98. The molecule has 2 atom stereocenters. The Morgan fingerprint density at radius 1 is 1.04 bits per heavy atom. The molecule has 6 heteroatoms. The summed E-state index contributed by atoms with van der Waals surface area (Å²) in [6.45, 7) is 16.1. The smallest absolute Gasteiger partial charge is 0 e. The van der Waals surface area contributed by atoms with Gasteiger partial charge >= 0.3 is 0 Å². The van der Waals surface area contributed by atoms with Gasteiger partial charge in [-0.05, 0) is 20.6 Å². The first-order valence-corrected chi connectivity index (χ1v) is 8.34. The van der Waals surface area contributed by atoms with E-state index in [0.29, 0.717) is 18.8 Å². The van der Waals surface area contributed by atoms with E-state index in [9.17, 15) is 0 Å². The second kappa shape index (κ2) is 17.1. The van der Waals surface area contributed by atoms with Crippen molar-refractivity contribution in [1.29, 1.82) is 0 Å². The maximum absolute atomic E-state index is 4.55. The maximum atomic E-state index is 4.55. The summed E-state index contributed by atoms with van der Waals surface area (Å²) in [5.41, 5.74) is 0.0820. The molecule has 0 spiro atoms. The van der Waals surface area contributed by atoms with Crippen molar-refractivity contribution in [3.8, 4) is 0 Å². The van der Waals surface area contributed by atoms with Gasteiger partial charge in [0.05, 0.1) is 0 Å². The van der Waals surface area contributed by atoms with Crippen LogP contribution < -0.4 is 0 Å². The van der Waals surface area contributed by atoms with E-state index in [1.54, 1.807) is 0 Å². The zero-order valence-corrected chi connectivity index (χ0v) is 17.8. The molecular formula is C17H39CoN5-4. The summed E-state index contributed by atoms with van der Waals surface area (Å²) < 4.78 is 0. The van der Waals surface area contributed by atoms with Crippen molar-refractivity contribution in [2.24, 2.45) is 0 Å². The molecule has 0 rings (SSSR count). The molecule has 23 heavy (non-hydrogen) atoms. The molecule has 0 bridgehead atoms. The predicted octanol–water partition coefficient (Wildman–Crippen LogP) is 4.60. The van der Waals surface area contributed by atoms with Gasteiger partial charge in [-0.3, -0.25) is 6.67 Å². The van der Waals surface area contributed by atoms with Gasteiger partial charge in [0.25, 0.3) is 0 Å². The van der Waals surface area contributed by atoms with Gasteiger partial charge in [0.1, 0.15) is 0 Å². The van der Waals surface area contributed by atoms with Crippen molar-refractivity contribution in [3.05, 3.63) is 21.3 Å². The van der Waals surface area contributed by atoms with Crippen molar-refractivity contribution < 1.29 is 16.8 Å². The topological polar surface area (TPSA) is 59.6 Å². The van der Waals surface area contributed by atoms with Crippen molar-refractivity contribution in [3.63, 3.8) is 0 Å². The van der Waals surface area contributed by atoms with Crippen LogP contribution in [0.25, 0.3) is 21.3 Å². The van der Waals surface area contributed by atoms with Gasteiger partial charge in [-0.2, -0.15) is 13.6 Å². The van der Waals surface area contributed by atoms with E-state index in [2.05, 4.69) is 74.9 Å². The summed E-state index contributed by atoms with van der Waals surface area (Å²) in [5.74, 6) is 0. The third kappa shape index (κ3) is 27.4. The van der Waals surface area contributed by atoms with E-state index >= 15 is 0 Å². The average Bonchev–Trinajstić information content (AvgIpc) is 2.37. The van der Waals surface area contributed by atoms with Gasteiger partial charge in [0.2, 0.25) is 0 Å². The third-order valence-electron chi connectivity index (χ3n) is 2.98. The van der Waals surface area contributed by atoms with Crippen LogP contribution in [0.4, 0.5) is 0 Å². The Hall–Kier alpha value is 0.306. The van der Waals surface area contributed by atoms with Gasteiger partial charge < -0.3 is 26.2 Å². The van der Waals surface area contributed by atoms with Gasteiger partial charge in [0, 0.05) is 16.8 Å². The number of rotatable bonds is 10. The molecule has 0 saturated heterocycles. The van der Waals surface area contributed by atoms with E-state index in [1.165, 1.54) is 0 Å². The van der Waals surface area contributed by atoms with Crippen LogP contribution in [0.15, 0.2) is 0 Å². The van der Waals surface area contributed by atoms with Gasteiger partial charge in [-0.1, -0.05) is 48.0 Å². The van der Waals surface area contributed by atoms with Crippen LogP contribution in [0.5, 0.6) is 0 Å². The molecule has 0 aromatic heterocycles. The monoisotopic (exact) mass is 372 g/mol. The van der Waals surface area contributed by atoms with Crippen molar-refractivity contribution in [2.75, 3.05) is 47.4 Å². The molecule has 2 unspecified atom stereocenters. The van der Waals surface area contributed by atoms with Crippen LogP contribution >= 0.6 is 0 Å². The minimum Gasteiger partial charge on any atom is -0.681 e. The van der Waals surface area contributed by atoms with Crippen LogP contribution in [0.3, 0.4) is 0 Å². The quantitative estimate of drug-likeness (QED) is 0.517. The van der Waals surface area contributed by atoms with Crippen molar-refractivity contribution >= 4 is 0 Å². The molecule has 0 saturated carbocycles. The molecule has 0 aromatic carbocycles. The number of nitrogens with zero attached hydrogens (tertiary/aromatic N) is 5. The summed E-state index contributed by atoms with van der Waals surface area (Å²) in [4.78, 5) is 2.16. The van der Waals surface area contributed by atoms with Crippen LogP contribution in [0, 0.1) is 0 Å². The fraction of sp³-hybridized carbons (Fsp3) is 1.00. The fourth-order valence-electron chi connectivity index (χ4n) is 1.51. The zero-order chi connectivity index (χ0) is 17.6. The molecule has 145 valence electrons.